The Labute approximate surface area is 235 Å². The summed E-state index contributed by atoms with van der Waals surface area (Å²) in [4.78, 5) is 21.2. The van der Waals surface area contributed by atoms with Gasteiger partial charge in [-0.05, 0) is 79.8 Å². The minimum absolute atomic E-state index is 0.00412. The third-order valence-corrected chi connectivity index (χ3v) is 7.22. The normalized spacial score (nSPS) is 11.8. The van der Waals surface area contributed by atoms with Crippen LogP contribution in [0.5, 0.6) is 0 Å². The molecule has 0 aliphatic heterocycles. The van der Waals surface area contributed by atoms with Crippen molar-refractivity contribution in [3.63, 3.8) is 0 Å². The van der Waals surface area contributed by atoms with Gasteiger partial charge in [-0.2, -0.15) is 0 Å². The average Bonchev–Trinajstić information content (AvgIpc) is 2.91. The lowest BCUT2D eigenvalue weighted by Gasteiger charge is -2.29. The smallest absolute Gasteiger partial charge is 0.258 e. The van der Waals surface area contributed by atoms with Crippen molar-refractivity contribution < 1.29 is 0 Å². The monoisotopic (exact) mass is 523 g/mol. The number of hydrogen-bond acceptors (Lipinski definition) is 3. The molecule has 0 saturated heterocycles. The first-order chi connectivity index (χ1) is 19.1. The fourth-order valence-corrected chi connectivity index (χ4v) is 4.45. The molecule has 198 valence electrons. The van der Waals surface area contributed by atoms with Crippen molar-refractivity contribution in [2.75, 3.05) is 5.32 Å². The number of benzene rings is 3. The Morgan fingerprint density at radius 1 is 0.800 bits per heavy atom. The number of aromatic nitrogens is 2. The van der Waals surface area contributed by atoms with Crippen LogP contribution < -0.4 is 10.9 Å². The van der Waals surface area contributed by atoms with E-state index in [1.165, 1.54) is 0 Å². The van der Waals surface area contributed by atoms with Crippen LogP contribution in [-0.2, 0) is 0 Å². The average molecular weight is 524 g/mol. The minimum atomic E-state index is -0.201. The second-order valence-electron chi connectivity index (χ2n) is 11.4. The number of nitrogens with zero attached hydrogens (tertiary/aromatic N) is 1. The number of H-pyrrole nitrogens is 1. The van der Waals surface area contributed by atoms with Crippen LogP contribution in [-0.4, -0.2) is 16.0 Å². The zero-order chi connectivity index (χ0) is 28.4. The van der Waals surface area contributed by atoms with E-state index >= 15 is 0 Å². The largest absolute Gasteiger partial charge is 0.367 e. The molecule has 2 N–H and O–H groups in total. The molecule has 3 aromatic carbocycles. The van der Waals surface area contributed by atoms with Crippen molar-refractivity contribution in [3.05, 3.63) is 117 Å². The van der Waals surface area contributed by atoms with Gasteiger partial charge in [-0.25, -0.2) is 4.98 Å². The predicted molar refractivity (Wildman–Crippen MR) is 167 cm³/mol. The first-order valence-electron chi connectivity index (χ1n) is 13.5. The molecule has 5 aromatic rings. The molecule has 0 saturated carbocycles. The topological polar surface area (TPSA) is 57.8 Å². The summed E-state index contributed by atoms with van der Waals surface area (Å²) >= 11 is 0. The quantitative estimate of drug-likeness (QED) is 0.188. The summed E-state index contributed by atoms with van der Waals surface area (Å²) in [5.41, 5.74) is 6.04. The number of pyridine rings is 2. The number of anilines is 1. The van der Waals surface area contributed by atoms with Gasteiger partial charge in [0.25, 0.3) is 5.56 Å². The number of fused-ring (bicyclic) bond motifs is 3. The Morgan fingerprint density at radius 3 is 2.00 bits per heavy atom. The van der Waals surface area contributed by atoms with E-state index in [2.05, 4.69) is 80.7 Å². The molecule has 0 aliphatic rings. The highest BCUT2D eigenvalue weighted by Gasteiger charge is 2.22. The molecule has 0 radical (unpaired) electrons. The molecule has 0 aliphatic carbocycles. The van der Waals surface area contributed by atoms with Gasteiger partial charge in [0.15, 0.2) is 0 Å². The van der Waals surface area contributed by atoms with Crippen LogP contribution in [0.3, 0.4) is 0 Å². The first kappa shape index (κ1) is 26.8. The van der Waals surface area contributed by atoms with E-state index in [-0.39, 0.29) is 17.0 Å². The van der Waals surface area contributed by atoms with Gasteiger partial charge in [-0.3, -0.25) is 4.79 Å². The van der Waals surface area contributed by atoms with Gasteiger partial charge in [0.1, 0.15) is 5.82 Å². The summed E-state index contributed by atoms with van der Waals surface area (Å²) < 4.78 is 0. The van der Waals surface area contributed by atoms with E-state index in [0.29, 0.717) is 16.5 Å². The van der Waals surface area contributed by atoms with E-state index in [4.69, 9.17) is 4.98 Å². The lowest BCUT2D eigenvalue weighted by molar-refractivity contribution is 0.359. The zero-order valence-electron chi connectivity index (χ0n) is 23.9. The summed E-state index contributed by atoms with van der Waals surface area (Å²) in [5, 5.41) is 5.80. The van der Waals surface area contributed by atoms with Crippen LogP contribution in [0.4, 0.5) is 5.82 Å². The maximum Gasteiger partial charge on any atom is 0.258 e. The number of rotatable bonds is 2. The molecule has 4 heteroatoms. The summed E-state index contributed by atoms with van der Waals surface area (Å²) in [5.74, 6) is 13.8. The SMILES string of the molecule is Cc1cccc(C#Cc2ccc3c(NC(C)C(C)(C)C)nc4c(C#Cc5cccc(C)c5)c[nH]c(=O)c4c3c2)c1. The van der Waals surface area contributed by atoms with Crippen molar-refractivity contribution in [2.45, 2.75) is 47.6 Å². The standard InChI is InChI=1S/C36H33N3O/c1-23-9-7-11-26(19-23)13-14-28-16-18-30-31(21-28)32-33(39-34(30)38-25(3)36(4,5)6)29(22-37-35(32)40)17-15-27-12-8-10-24(2)20-27/h7-12,16,18-22,25H,1-6H3,(H,37,40)(H,38,39). The molecule has 4 nitrogen and oxygen atoms in total. The highest BCUT2D eigenvalue weighted by molar-refractivity contribution is 6.11. The van der Waals surface area contributed by atoms with Crippen LogP contribution in [0, 0.1) is 42.9 Å². The van der Waals surface area contributed by atoms with E-state index < -0.39 is 0 Å². The van der Waals surface area contributed by atoms with Crippen LogP contribution in [0.25, 0.3) is 21.7 Å². The molecule has 2 heterocycles. The van der Waals surface area contributed by atoms with Crippen molar-refractivity contribution in [2.24, 2.45) is 5.41 Å². The van der Waals surface area contributed by atoms with Gasteiger partial charge < -0.3 is 10.3 Å². The van der Waals surface area contributed by atoms with Crippen LogP contribution in [0.2, 0.25) is 0 Å². The van der Waals surface area contributed by atoms with Gasteiger partial charge >= 0.3 is 0 Å². The molecule has 0 fully saturated rings. The fourth-order valence-electron chi connectivity index (χ4n) is 4.45. The molecular weight excluding hydrogens is 490 g/mol. The summed E-state index contributed by atoms with van der Waals surface area (Å²) in [6.07, 6.45) is 1.66. The number of nitrogens with one attached hydrogen (secondary N) is 2. The molecule has 0 bridgehead atoms. The second kappa shape index (κ2) is 10.8. The van der Waals surface area contributed by atoms with E-state index in [1.807, 2.05) is 61.5 Å². The van der Waals surface area contributed by atoms with Crippen molar-refractivity contribution in [1.82, 2.24) is 9.97 Å². The second-order valence-corrected chi connectivity index (χ2v) is 11.4. The third kappa shape index (κ3) is 5.78. The maximum absolute atomic E-state index is 13.3. The molecule has 1 unspecified atom stereocenters. The van der Waals surface area contributed by atoms with Gasteiger partial charge in [0.05, 0.1) is 16.5 Å². The zero-order valence-corrected chi connectivity index (χ0v) is 23.9. The predicted octanol–water partition coefficient (Wildman–Crippen LogP) is 7.34. The van der Waals surface area contributed by atoms with Crippen LogP contribution in [0.15, 0.2) is 77.7 Å². The minimum Gasteiger partial charge on any atom is -0.367 e. The van der Waals surface area contributed by atoms with Gasteiger partial charge in [-0.1, -0.05) is 68.7 Å². The van der Waals surface area contributed by atoms with Crippen molar-refractivity contribution in [3.8, 4) is 23.7 Å². The summed E-state index contributed by atoms with van der Waals surface area (Å²) in [7, 11) is 0. The van der Waals surface area contributed by atoms with Gasteiger partial charge in [0, 0.05) is 39.7 Å². The van der Waals surface area contributed by atoms with Crippen LogP contribution in [0.1, 0.15) is 61.1 Å². The Morgan fingerprint density at radius 2 is 1.40 bits per heavy atom. The number of aryl methyl sites for hydroxylation is 2. The van der Waals surface area contributed by atoms with Gasteiger partial charge in [0.2, 0.25) is 0 Å². The number of aromatic amines is 1. The summed E-state index contributed by atoms with van der Waals surface area (Å²) in [6.45, 7) is 12.8. The summed E-state index contributed by atoms with van der Waals surface area (Å²) in [6, 6.07) is 22.3. The Balaban J connectivity index is 1.74. The molecule has 0 amide bonds. The van der Waals surface area contributed by atoms with Crippen LogP contribution >= 0.6 is 0 Å². The van der Waals surface area contributed by atoms with Crippen molar-refractivity contribution >= 4 is 27.5 Å². The van der Waals surface area contributed by atoms with E-state index in [0.717, 1.165) is 44.4 Å². The molecular formula is C36H33N3O. The number of hydrogen-bond donors (Lipinski definition) is 2. The molecule has 1 atom stereocenters. The molecule has 2 aromatic heterocycles. The Hall–Kier alpha value is -4.80. The highest BCUT2D eigenvalue weighted by Crippen LogP contribution is 2.32. The maximum atomic E-state index is 13.3. The molecule has 40 heavy (non-hydrogen) atoms. The lowest BCUT2D eigenvalue weighted by atomic mass is 9.88. The third-order valence-electron chi connectivity index (χ3n) is 7.22. The molecule has 0 spiro atoms. The van der Waals surface area contributed by atoms with Gasteiger partial charge in [-0.15, -0.1) is 0 Å². The van der Waals surface area contributed by atoms with E-state index in [1.54, 1.807) is 6.20 Å². The fraction of sp³-hybridized carbons (Fsp3) is 0.222. The van der Waals surface area contributed by atoms with Crippen molar-refractivity contribution in [1.29, 1.82) is 0 Å². The first-order valence-corrected chi connectivity index (χ1v) is 13.5. The highest BCUT2D eigenvalue weighted by atomic mass is 16.1. The molecule has 5 rings (SSSR count). The Bertz CT molecular complexity index is 1940. The Kier molecular flexibility index (Phi) is 7.20. The van der Waals surface area contributed by atoms with E-state index in [9.17, 15) is 4.79 Å². The lowest BCUT2D eigenvalue weighted by Crippen LogP contribution is -2.31.